The predicted octanol–water partition coefficient (Wildman–Crippen LogP) is 1.33. The fraction of sp³-hybridized carbons (Fsp3) is 1.00. The molecule has 1 saturated carbocycles. The van der Waals surface area contributed by atoms with Gasteiger partial charge in [-0.1, -0.05) is 6.92 Å². The first kappa shape index (κ1) is 16.2. The minimum Gasteiger partial charge on any atom is -0.377 e. The Morgan fingerprint density at radius 1 is 1.30 bits per heavy atom. The maximum atomic E-state index is 12.6. The van der Waals surface area contributed by atoms with Crippen molar-refractivity contribution in [2.24, 2.45) is 11.7 Å². The first-order valence-corrected chi connectivity index (χ1v) is 9.29. The smallest absolute Gasteiger partial charge is 0.216 e. The zero-order chi connectivity index (χ0) is 14.8. The molecule has 5 nitrogen and oxygen atoms in total. The molecule has 1 aliphatic heterocycles. The topological polar surface area (TPSA) is 72.6 Å². The molecule has 0 aromatic heterocycles. The molecule has 6 heteroatoms. The zero-order valence-corrected chi connectivity index (χ0v) is 13.5. The second-order valence-corrected chi connectivity index (χ2v) is 8.54. The lowest BCUT2D eigenvalue weighted by Gasteiger charge is -2.44. The molecule has 118 valence electrons. The van der Waals surface area contributed by atoms with Gasteiger partial charge in [0.25, 0.3) is 0 Å². The highest BCUT2D eigenvalue weighted by Crippen LogP contribution is 2.36. The van der Waals surface area contributed by atoms with Crippen molar-refractivity contribution in [1.82, 2.24) is 4.31 Å². The number of sulfonamides is 1. The van der Waals surface area contributed by atoms with Crippen LogP contribution >= 0.6 is 0 Å². The Hall–Kier alpha value is -0.170. The summed E-state index contributed by atoms with van der Waals surface area (Å²) in [6.45, 7) is 3.31. The zero-order valence-electron chi connectivity index (χ0n) is 12.7. The molecule has 1 heterocycles. The fourth-order valence-corrected chi connectivity index (χ4v) is 5.17. The van der Waals surface area contributed by atoms with E-state index in [0.29, 0.717) is 19.1 Å². The van der Waals surface area contributed by atoms with Crippen LogP contribution < -0.4 is 5.73 Å². The maximum Gasteiger partial charge on any atom is 0.216 e. The fourth-order valence-electron chi connectivity index (χ4n) is 3.36. The molecule has 1 atom stereocenters. The van der Waals surface area contributed by atoms with Gasteiger partial charge in [0.2, 0.25) is 10.0 Å². The summed E-state index contributed by atoms with van der Waals surface area (Å²) >= 11 is 0. The Balaban J connectivity index is 2.08. The highest BCUT2D eigenvalue weighted by atomic mass is 32.2. The van der Waals surface area contributed by atoms with Crippen LogP contribution in [-0.4, -0.2) is 50.3 Å². The molecular weight excluding hydrogens is 276 g/mol. The van der Waals surface area contributed by atoms with E-state index < -0.39 is 10.0 Å². The highest BCUT2D eigenvalue weighted by Gasteiger charge is 2.42. The van der Waals surface area contributed by atoms with Gasteiger partial charge in [0.1, 0.15) is 0 Å². The molecular formula is C14H28N2O3S. The summed E-state index contributed by atoms with van der Waals surface area (Å²) in [5, 5.41) is 0. The molecule has 0 bridgehead atoms. The van der Waals surface area contributed by atoms with Crippen molar-refractivity contribution in [1.29, 1.82) is 0 Å². The van der Waals surface area contributed by atoms with E-state index in [9.17, 15) is 8.42 Å². The van der Waals surface area contributed by atoms with Gasteiger partial charge in [-0.05, 0) is 44.4 Å². The molecule has 0 aromatic carbocycles. The van der Waals surface area contributed by atoms with Gasteiger partial charge in [-0.25, -0.2) is 8.42 Å². The minimum atomic E-state index is -3.30. The van der Waals surface area contributed by atoms with E-state index in [0.717, 1.165) is 38.5 Å². The number of likely N-dealkylation sites (N-methyl/N-ethyl adjacent to an activating group) is 1. The van der Waals surface area contributed by atoms with Crippen molar-refractivity contribution in [2.75, 3.05) is 26.0 Å². The van der Waals surface area contributed by atoms with E-state index in [4.69, 9.17) is 10.5 Å². The Morgan fingerprint density at radius 2 is 1.95 bits per heavy atom. The summed E-state index contributed by atoms with van der Waals surface area (Å²) in [4.78, 5) is 0. The lowest BCUT2D eigenvalue weighted by atomic mass is 9.77. The number of hydrogen-bond donors (Lipinski definition) is 1. The summed E-state index contributed by atoms with van der Waals surface area (Å²) in [5.41, 5.74) is 5.57. The van der Waals surface area contributed by atoms with Gasteiger partial charge >= 0.3 is 0 Å². The monoisotopic (exact) mass is 304 g/mol. The quantitative estimate of drug-likeness (QED) is 0.832. The van der Waals surface area contributed by atoms with E-state index in [-0.39, 0.29) is 17.4 Å². The SMILES string of the molecule is CC1CCC(CN)(N(C)S(=O)(=O)CC2CCCO2)CC1. The van der Waals surface area contributed by atoms with Gasteiger partial charge in [0, 0.05) is 25.7 Å². The van der Waals surface area contributed by atoms with E-state index in [1.807, 2.05) is 0 Å². The van der Waals surface area contributed by atoms with Gasteiger partial charge < -0.3 is 10.5 Å². The van der Waals surface area contributed by atoms with Crippen LogP contribution in [0.2, 0.25) is 0 Å². The number of nitrogens with two attached hydrogens (primary N) is 1. The Bertz CT molecular complexity index is 410. The number of hydrogen-bond acceptors (Lipinski definition) is 4. The standard InChI is InChI=1S/C14H28N2O3S/c1-12-5-7-14(11-15,8-6-12)16(2)20(17,18)10-13-4-3-9-19-13/h12-13H,3-11,15H2,1-2H3. The maximum absolute atomic E-state index is 12.6. The van der Waals surface area contributed by atoms with Gasteiger partial charge in [-0.15, -0.1) is 0 Å². The van der Waals surface area contributed by atoms with Crippen LogP contribution in [0, 0.1) is 5.92 Å². The van der Waals surface area contributed by atoms with Crippen molar-refractivity contribution in [3.63, 3.8) is 0 Å². The first-order chi connectivity index (χ1) is 9.39. The molecule has 2 N–H and O–H groups in total. The number of ether oxygens (including phenoxy) is 1. The summed E-state index contributed by atoms with van der Waals surface area (Å²) < 4.78 is 32.3. The van der Waals surface area contributed by atoms with Crippen molar-refractivity contribution >= 4 is 10.0 Å². The molecule has 0 amide bonds. The number of nitrogens with zero attached hydrogens (tertiary/aromatic N) is 1. The molecule has 2 aliphatic rings. The van der Waals surface area contributed by atoms with Gasteiger partial charge in [0.15, 0.2) is 0 Å². The van der Waals surface area contributed by atoms with Crippen molar-refractivity contribution in [2.45, 2.75) is 57.1 Å². The molecule has 2 rings (SSSR count). The Labute approximate surface area is 122 Å². The molecule has 2 fully saturated rings. The Morgan fingerprint density at radius 3 is 2.45 bits per heavy atom. The third-order valence-corrected chi connectivity index (χ3v) is 7.11. The third-order valence-electron chi connectivity index (χ3n) is 5.09. The summed E-state index contributed by atoms with van der Waals surface area (Å²) in [7, 11) is -1.60. The lowest BCUT2D eigenvalue weighted by Crippen LogP contribution is -2.57. The van der Waals surface area contributed by atoms with E-state index in [1.165, 1.54) is 0 Å². The first-order valence-electron chi connectivity index (χ1n) is 7.68. The summed E-state index contributed by atoms with van der Waals surface area (Å²) in [5.74, 6) is 0.768. The normalized spacial score (nSPS) is 35.6. The molecule has 20 heavy (non-hydrogen) atoms. The lowest BCUT2D eigenvalue weighted by molar-refractivity contribution is 0.117. The summed E-state index contributed by atoms with van der Waals surface area (Å²) in [6.07, 6.45) is 5.51. The van der Waals surface area contributed by atoms with Crippen molar-refractivity contribution in [3.05, 3.63) is 0 Å². The predicted molar refractivity (Wildman–Crippen MR) is 79.9 cm³/mol. The van der Waals surface area contributed by atoms with E-state index in [2.05, 4.69) is 6.92 Å². The molecule has 0 spiro atoms. The van der Waals surface area contributed by atoms with Gasteiger partial charge in [-0.2, -0.15) is 4.31 Å². The van der Waals surface area contributed by atoms with Crippen LogP contribution in [0.1, 0.15) is 45.4 Å². The third kappa shape index (κ3) is 3.35. The largest absolute Gasteiger partial charge is 0.377 e. The van der Waals surface area contributed by atoms with Crippen LogP contribution in [0.5, 0.6) is 0 Å². The average Bonchev–Trinajstić information content (AvgIpc) is 2.91. The Kier molecular flexibility index (Phi) is 5.10. The second kappa shape index (κ2) is 6.30. The molecule has 0 radical (unpaired) electrons. The van der Waals surface area contributed by atoms with Crippen LogP contribution in [0.4, 0.5) is 0 Å². The molecule has 1 unspecified atom stereocenters. The van der Waals surface area contributed by atoms with E-state index >= 15 is 0 Å². The molecule has 1 aliphatic carbocycles. The summed E-state index contributed by atoms with van der Waals surface area (Å²) in [6, 6.07) is 0. The van der Waals surface area contributed by atoms with E-state index in [1.54, 1.807) is 11.4 Å². The van der Waals surface area contributed by atoms with Crippen molar-refractivity contribution in [3.8, 4) is 0 Å². The van der Waals surface area contributed by atoms with Crippen LogP contribution in [-0.2, 0) is 14.8 Å². The number of rotatable bonds is 5. The minimum absolute atomic E-state index is 0.0980. The molecule has 1 saturated heterocycles. The van der Waals surface area contributed by atoms with Crippen LogP contribution in [0.3, 0.4) is 0 Å². The van der Waals surface area contributed by atoms with Crippen LogP contribution in [0.15, 0.2) is 0 Å². The highest BCUT2D eigenvalue weighted by molar-refractivity contribution is 7.89. The van der Waals surface area contributed by atoms with Crippen molar-refractivity contribution < 1.29 is 13.2 Å². The average molecular weight is 304 g/mol. The van der Waals surface area contributed by atoms with Gasteiger partial charge in [-0.3, -0.25) is 0 Å². The van der Waals surface area contributed by atoms with Crippen LogP contribution in [0.25, 0.3) is 0 Å². The second-order valence-electron chi connectivity index (χ2n) is 6.49. The molecule has 0 aromatic rings. The van der Waals surface area contributed by atoms with Gasteiger partial charge in [0.05, 0.1) is 11.9 Å².